The molecule has 4 rings (SSSR count). The van der Waals surface area contributed by atoms with Crippen LogP contribution in [-0.4, -0.2) is 15.8 Å². The van der Waals surface area contributed by atoms with Crippen LogP contribution in [0, 0.1) is 28.4 Å². The summed E-state index contributed by atoms with van der Waals surface area (Å²) in [5, 5.41) is 24.0. The molecule has 0 bridgehead atoms. The molecule has 0 spiro atoms. The Labute approximate surface area is 209 Å². The lowest BCUT2D eigenvalue weighted by molar-refractivity contribution is -0.384. The Kier molecular flexibility index (Phi) is 7.06. The molecule has 174 valence electrons. The summed E-state index contributed by atoms with van der Waals surface area (Å²) in [6.45, 7) is 1.94. The van der Waals surface area contributed by atoms with Gasteiger partial charge in [-0.05, 0) is 48.4 Å². The molecule has 35 heavy (non-hydrogen) atoms. The van der Waals surface area contributed by atoms with Crippen molar-refractivity contribution in [3.8, 4) is 17.4 Å². The van der Waals surface area contributed by atoms with Gasteiger partial charge < -0.3 is 4.42 Å². The highest BCUT2D eigenvalue weighted by Crippen LogP contribution is 2.27. The zero-order valence-corrected chi connectivity index (χ0v) is 19.9. The molecule has 0 aliphatic rings. The Morgan fingerprint density at radius 1 is 1.26 bits per heavy atom. The second-order valence-corrected chi connectivity index (χ2v) is 9.04. The zero-order chi connectivity index (χ0) is 24.9. The Balaban J connectivity index is 1.44. The number of furan rings is 1. The maximum Gasteiger partial charge on any atom is 0.269 e. The number of benzene rings is 2. The molecular formula is C25H17ClN4O4S. The number of aryl methyl sites for hydroxylation is 1. The molecule has 0 aliphatic heterocycles. The predicted molar refractivity (Wildman–Crippen MR) is 134 cm³/mol. The van der Waals surface area contributed by atoms with E-state index in [1.54, 1.807) is 30.5 Å². The molecule has 0 saturated heterocycles. The molecule has 2 aromatic heterocycles. The SMILES string of the molecule is Cc1ccc(Cc2cnc(NC(=O)C(C#N)=Cc3ccc(-c4ccc([N+](=O)[O-])cc4)o3)s2)cc1Cl. The van der Waals surface area contributed by atoms with E-state index in [1.807, 2.05) is 31.2 Å². The number of anilines is 1. The first-order valence-electron chi connectivity index (χ1n) is 10.3. The summed E-state index contributed by atoms with van der Waals surface area (Å²) in [6.07, 6.45) is 3.62. The number of aromatic nitrogens is 1. The number of carbonyl (C=O) groups is 1. The molecule has 0 saturated carbocycles. The highest BCUT2D eigenvalue weighted by atomic mass is 35.5. The average molecular weight is 505 g/mol. The molecule has 10 heteroatoms. The topological polar surface area (TPSA) is 122 Å². The molecule has 0 radical (unpaired) electrons. The number of nitriles is 1. The Morgan fingerprint density at radius 2 is 2.03 bits per heavy atom. The van der Waals surface area contributed by atoms with Gasteiger partial charge >= 0.3 is 0 Å². The molecule has 0 fully saturated rings. The van der Waals surface area contributed by atoms with E-state index in [1.165, 1.54) is 29.5 Å². The smallest absolute Gasteiger partial charge is 0.269 e. The third-order valence-corrected chi connectivity index (χ3v) is 6.35. The molecule has 0 unspecified atom stereocenters. The quantitative estimate of drug-likeness (QED) is 0.134. The summed E-state index contributed by atoms with van der Waals surface area (Å²) in [5.74, 6) is 0.130. The van der Waals surface area contributed by atoms with Crippen molar-refractivity contribution >= 4 is 45.7 Å². The van der Waals surface area contributed by atoms with E-state index < -0.39 is 10.8 Å². The van der Waals surface area contributed by atoms with Crippen molar-refractivity contribution in [3.05, 3.63) is 103 Å². The summed E-state index contributed by atoms with van der Waals surface area (Å²) in [4.78, 5) is 28.1. The van der Waals surface area contributed by atoms with Gasteiger partial charge in [-0.3, -0.25) is 20.2 Å². The number of amides is 1. The highest BCUT2D eigenvalue weighted by molar-refractivity contribution is 7.15. The summed E-state index contributed by atoms with van der Waals surface area (Å²) in [7, 11) is 0. The van der Waals surface area contributed by atoms with E-state index in [0.29, 0.717) is 33.7 Å². The first-order chi connectivity index (χ1) is 16.8. The summed E-state index contributed by atoms with van der Waals surface area (Å²) in [6, 6.07) is 16.9. The minimum absolute atomic E-state index is 0.0307. The van der Waals surface area contributed by atoms with Crippen molar-refractivity contribution in [2.45, 2.75) is 13.3 Å². The first kappa shape index (κ1) is 23.9. The normalized spacial score (nSPS) is 11.2. The van der Waals surface area contributed by atoms with E-state index in [2.05, 4.69) is 10.3 Å². The van der Waals surface area contributed by atoms with Gasteiger partial charge in [0.05, 0.1) is 4.92 Å². The van der Waals surface area contributed by atoms with Crippen molar-refractivity contribution < 1.29 is 14.1 Å². The number of hydrogen-bond donors (Lipinski definition) is 1. The number of nitrogens with zero attached hydrogens (tertiary/aromatic N) is 3. The van der Waals surface area contributed by atoms with Crippen molar-refractivity contribution in [2.24, 2.45) is 0 Å². The first-order valence-corrected chi connectivity index (χ1v) is 11.5. The van der Waals surface area contributed by atoms with E-state index in [-0.39, 0.29) is 11.3 Å². The number of rotatable bonds is 7. The van der Waals surface area contributed by atoms with Crippen LogP contribution in [0.15, 0.2) is 70.8 Å². The van der Waals surface area contributed by atoms with Crippen LogP contribution in [-0.2, 0) is 11.2 Å². The number of thiazole rings is 1. The van der Waals surface area contributed by atoms with Gasteiger partial charge in [0.2, 0.25) is 0 Å². The third-order valence-electron chi connectivity index (χ3n) is 5.03. The molecule has 2 aromatic carbocycles. The number of nitrogens with one attached hydrogen (secondary N) is 1. The van der Waals surface area contributed by atoms with Crippen LogP contribution >= 0.6 is 22.9 Å². The van der Waals surface area contributed by atoms with E-state index in [4.69, 9.17) is 16.0 Å². The summed E-state index contributed by atoms with van der Waals surface area (Å²) in [5.41, 5.74) is 2.47. The van der Waals surface area contributed by atoms with Crippen LogP contribution in [0.25, 0.3) is 17.4 Å². The van der Waals surface area contributed by atoms with Gasteiger partial charge in [-0.1, -0.05) is 23.7 Å². The van der Waals surface area contributed by atoms with Gasteiger partial charge in [-0.25, -0.2) is 4.98 Å². The minimum Gasteiger partial charge on any atom is -0.457 e. The molecule has 1 amide bonds. The van der Waals surface area contributed by atoms with Crippen molar-refractivity contribution in [2.75, 3.05) is 5.32 Å². The second-order valence-electron chi connectivity index (χ2n) is 7.52. The van der Waals surface area contributed by atoms with E-state index in [9.17, 15) is 20.2 Å². The van der Waals surface area contributed by atoms with Crippen LogP contribution < -0.4 is 5.32 Å². The van der Waals surface area contributed by atoms with Gasteiger partial charge in [-0.15, -0.1) is 11.3 Å². The van der Waals surface area contributed by atoms with E-state index >= 15 is 0 Å². The number of halogens is 1. The van der Waals surface area contributed by atoms with Crippen LogP contribution in [0.3, 0.4) is 0 Å². The summed E-state index contributed by atoms with van der Waals surface area (Å²) >= 11 is 7.50. The Morgan fingerprint density at radius 3 is 2.71 bits per heavy atom. The fourth-order valence-electron chi connectivity index (χ4n) is 3.18. The number of carbonyl (C=O) groups excluding carboxylic acids is 1. The van der Waals surface area contributed by atoms with Gasteiger partial charge in [0, 0.05) is 46.3 Å². The zero-order valence-electron chi connectivity index (χ0n) is 18.3. The van der Waals surface area contributed by atoms with Crippen molar-refractivity contribution in [3.63, 3.8) is 0 Å². The molecule has 4 aromatic rings. The van der Waals surface area contributed by atoms with Crippen LogP contribution in [0.4, 0.5) is 10.8 Å². The van der Waals surface area contributed by atoms with Crippen LogP contribution in [0.2, 0.25) is 5.02 Å². The van der Waals surface area contributed by atoms with Crippen molar-refractivity contribution in [1.29, 1.82) is 5.26 Å². The van der Waals surface area contributed by atoms with Crippen molar-refractivity contribution in [1.82, 2.24) is 4.98 Å². The molecule has 2 heterocycles. The minimum atomic E-state index is -0.611. The summed E-state index contributed by atoms with van der Waals surface area (Å²) < 4.78 is 5.69. The number of hydrogen-bond acceptors (Lipinski definition) is 7. The van der Waals surface area contributed by atoms with Gasteiger partial charge in [0.1, 0.15) is 23.2 Å². The van der Waals surface area contributed by atoms with E-state index in [0.717, 1.165) is 16.0 Å². The standard InChI is InChI=1S/C25H17ClN4O4S/c1-15-2-3-16(11-22(15)26)10-21-14-28-25(35-21)29-24(31)18(13-27)12-20-8-9-23(34-20)17-4-6-19(7-5-17)30(32)33/h2-9,11-12,14H,10H2,1H3,(H,28,29,31). The lowest BCUT2D eigenvalue weighted by Gasteiger charge is -2.02. The fourth-order valence-corrected chi connectivity index (χ4v) is 4.23. The largest absolute Gasteiger partial charge is 0.457 e. The maximum atomic E-state index is 12.6. The average Bonchev–Trinajstić information content (AvgIpc) is 3.49. The molecule has 0 aliphatic carbocycles. The molecule has 8 nitrogen and oxygen atoms in total. The Bertz CT molecular complexity index is 1480. The highest BCUT2D eigenvalue weighted by Gasteiger charge is 2.14. The number of non-ortho nitro benzene ring substituents is 1. The monoisotopic (exact) mass is 504 g/mol. The maximum absolute atomic E-state index is 12.6. The van der Waals surface area contributed by atoms with Gasteiger partial charge in [0.15, 0.2) is 5.13 Å². The molecular weight excluding hydrogens is 488 g/mol. The molecule has 0 atom stereocenters. The van der Waals surface area contributed by atoms with Gasteiger partial charge in [0.25, 0.3) is 11.6 Å². The molecule has 1 N–H and O–H groups in total. The lowest BCUT2D eigenvalue weighted by atomic mass is 10.1. The van der Waals surface area contributed by atoms with Gasteiger partial charge in [-0.2, -0.15) is 5.26 Å². The number of nitro groups is 1. The lowest BCUT2D eigenvalue weighted by Crippen LogP contribution is -2.13. The predicted octanol–water partition coefficient (Wildman–Crippen LogP) is 6.41. The van der Waals surface area contributed by atoms with Crippen LogP contribution in [0.5, 0.6) is 0 Å². The number of nitro benzene ring substituents is 1. The van der Waals surface area contributed by atoms with Crippen LogP contribution in [0.1, 0.15) is 21.8 Å². The fraction of sp³-hybridized carbons (Fsp3) is 0.0800. The Hall–Kier alpha value is -4.26. The third kappa shape index (κ3) is 5.81. The second kappa shape index (κ2) is 10.3.